The maximum atomic E-state index is 12.1. The van der Waals surface area contributed by atoms with Crippen molar-refractivity contribution in [1.82, 2.24) is 14.9 Å². The van der Waals surface area contributed by atoms with E-state index >= 15 is 0 Å². The molecule has 21 heavy (non-hydrogen) atoms. The highest BCUT2D eigenvalue weighted by molar-refractivity contribution is 5.91. The number of para-hydroxylation sites is 2. The lowest BCUT2D eigenvalue weighted by Gasteiger charge is -2.09. The van der Waals surface area contributed by atoms with Gasteiger partial charge in [-0.3, -0.25) is 10.1 Å². The number of nitrogens with zero attached hydrogens (tertiary/aromatic N) is 2. The van der Waals surface area contributed by atoms with E-state index in [9.17, 15) is 4.79 Å². The van der Waals surface area contributed by atoms with E-state index in [-0.39, 0.29) is 5.91 Å². The van der Waals surface area contributed by atoms with Gasteiger partial charge in [0.05, 0.1) is 11.0 Å². The van der Waals surface area contributed by atoms with Gasteiger partial charge in [0.2, 0.25) is 11.9 Å². The van der Waals surface area contributed by atoms with E-state index in [1.807, 2.05) is 28.8 Å². The number of rotatable bonds is 5. The predicted molar refractivity (Wildman–Crippen MR) is 84.2 cm³/mol. The van der Waals surface area contributed by atoms with Crippen LogP contribution in [0.25, 0.3) is 11.0 Å². The molecule has 2 N–H and O–H groups in total. The Morgan fingerprint density at radius 2 is 2.33 bits per heavy atom. The minimum atomic E-state index is 0.0620. The molecule has 1 aliphatic rings. The summed E-state index contributed by atoms with van der Waals surface area (Å²) in [5.41, 5.74) is 1.99. The number of fused-ring (bicyclic) bond motifs is 1. The van der Waals surface area contributed by atoms with Crippen molar-refractivity contribution in [2.75, 3.05) is 18.4 Å². The average Bonchev–Trinajstić information content (AvgIpc) is 3.12. The molecule has 1 fully saturated rings. The number of carbonyl (C=O) groups excluding carboxylic acids is 1. The molecule has 1 aromatic heterocycles. The Bertz CT molecular complexity index is 628. The fourth-order valence-corrected chi connectivity index (χ4v) is 2.97. The van der Waals surface area contributed by atoms with Crippen molar-refractivity contribution < 1.29 is 4.79 Å². The van der Waals surface area contributed by atoms with Crippen LogP contribution in [0, 0.1) is 5.92 Å². The summed E-state index contributed by atoms with van der Waals surface area (Å²) in [5, 5.41) is 6.30. The Morgan fingerprint density at radius 1 is 1.48 bits per heavy atom. The van der Waals surface area contributed by atoms with Gasteiger partial charge in [0.25, 0.3) is 0 Å². The van der Waals surface area contributed by atoms with Crippen LogP contribution >= 0.6 is 0 Å². The number of hydrogen-bond donors (Lipinski definition) is 2. The van der Waals surface area contributed by atoms with Crippen molar-refractivity contribution in [1.29, 1.82) is 0 Å². The minimum absolute atomic E-state index is 0.0620. The summed E-state index contributed by atoms with van der Waals surface area (Å²) < 4.78 is 2.05. The number of hydrogen-bond acceptors (Lipinski definition) is 3. The molecule has 5 nitrogen and oxygen atoms in total. The molecule has 2 heterocycles. The first-order valence-electron chi connectivity index (χ1n) is 7.73. The molecule has 1 aromatic carbocycles. The number of benzene rings is 1. The summed E-state index contributed by atoms with van der Waals surface area (Å²) in [6.45, 7) is 4.98. The lowest BCUT2D eigenvalue weighted by Crippen LogP contribution is -2.17. The molecule has 3 rings (SSSR count). The monoisotopic (exact) mass is 286 g/mol. The molecular formula is C16H22N4O. The molecule has 2 aromatic rings. The molecule has 0 bridgehead atoms. The molecule has 1 saturated heterocycles. The lowest BCUT2D eigenvalue weighted by molar-refractivity contribution is -0.116. The third-order valence-electron chi connectivity index (χ3n) is 4.16. The van der Waals surface area contributed by atoms with E-state index in [4.69, 9.17) is 0 Å². The number of amides is 1. The Morgan fingerprint density at radius 3 is 3.10 bits per heavy atom. The quantitative estimate of drug-likeness (QED) is 0.887. The number of imidazole rings is 1. The standard InChI is InChI=1S/C16H22N4O/c1-2-20-14-6-4-3-5-13(14)18-16(20)19-15(21)8-7-12-9-10-17-11-12/h3-6,12,17H,2,7-11H2,1H3,(H,18,19,21). The zero-order chi connectivity index (χ0) is 14.7. The van der Waals surface area contributed by atoms with Crippen molar-refractivity contribution in [2.45, 2.75) is 32.7 Å². The van der Waals surface area contributed by atoms with Crippen molar-refractivity contribution >= 4 is 22.9 Å². The smallest absolute Gasteiger partial charge is 0.226 e. The highest BCUT2D eigenvalue weighted by atomic mass is 16.1. The fourth-order valence-electron chi connectivity index (χ4n) is 2.97. The van der Waals surface area contributed by atoms with Crippen LogP contribution in [-0.4, -0.2) is 28.5 Å². The van der Waals surface area contributed by atoms with Crippen molar-refractivity contribution in [3.8, 4) is 0 Å². The van der Waals surface area contributed by atoms with E-state index < -0.39 is 0 Å². The zero-order valence-corrected chi connectivity index (χ0v) is 12.4. The Labute approximate surface area is 124 Å². The largest absolute Gasteiger partial charge is 0.316 e. The van der Waals surface area contributed by atoms with E-state index in [1.165, 1.54) is 6.42 Å². The molecule has 0 saturated carbocycles. The maximum Gasteiger partial charge on any atom is 0.226 e. The van der Waals surface area contributed by atoms with E-state index in [0.29, 0.717) is 18.3 Å². The molecule has 1 amide bonds. The SMILES string of the molecule is CCn1c(NC(=O)CCC2CCNC2)nc2ccccc21. The van der Waals surface area contributed by atoms with Crippen LogP contribution in [-0.2, 0) is 11.3 Å². The number of carbonyl (C=O) groups is 1. The van der Waals surface area contributed by atoms with E-state index in [0.717, 1.165) is 37.1 Å². The first kappa shape index (κ1) is 14.1. The topological polar surface area (TPSA) is 59.0 Å². The summed E-state index contributed by atoms with van der Waals surface area (Å²) in [5.74, 6) is 1.36. The number of aromatic nitrogens is 2. The molecule has 0 aliphatic carbocycles. The summed E-state index contributed by atoms with van der Waals surface area (Å²) in [6, 6.07) is 7.97. The Kier molecular flexibility index (Phi) is 4.20. The van der Waals surface area contributed by atoms with Gasteiger partial charge in [-0.05, 0) is 50.9 Å². The van der Waals surface area contributed by atoms with Crippen molar-refractivity contribution in [3.63, 3.8) is 0 Å². The number of anilines is 1. The lowest BCUT2D eigenvalue weighted by atomic mass is 10.0. The highest BCUT2D eigenvalue weighted by Crippen LogP contribution is 2.20. The molecule has 1 atom stereocenters. The zero-order valence-electron chi connectivity index (χ0n) is 12.4. The summed E-state index contributed by atoms with van der Waals surface area (Å²) >= 11 is 0. The fraction of sp³-hybridized carbons (Fsp3) is 0.500. The van der Waals surface area contributed by atoms with E-state index in [2.05, 4.69) is 22.5 Å². The van der Waals surface area contributed by atoms with Gasteiger partial charge < -0.3 is 9.88 Å². The first-order valence-corrected chi connectivity index (χ1v) is 7.73. The van der Waals surface area contributed by atoms with Crippen LogP contribution in [0.2, 0.25) is 0 Å². The normalized spacial score (nSPS) is 18.2. The van der Waals surface area contributed by atoms with Crippen LogP contribution in [0.5, 0.6) is 0 Å². The molecule has 1 aliphatic heterocycles. The highest BCUT2D eigenvalue weighted by Gasteiger charge is 2.17. The Balaban J connectivity index is 1.67. The number of nitrogens with one attached hydrogen (secondary N) is 2. The van der Waals surface area contributed by atoms with Crippen LogP contribution in [0.4, 0.5) is 5.95 Å². The second kappa shape index (κ2) is 6.26. The van der Waals surface area contributed by atoms with Crippen LogP contribution < -0.4 is 10.6 Å². The van der Waals surface area contributed by atoms with Crippen molar-refractivity contribution in [3.05, 3.63) is 24.3 Å². The van der Waals surface area contributed by atoms with Gasteiger partial charge >= 0.3 is 0 Å². The molecular weight excluding hydrogens is 264 g/mol. The van der Waals surface area contributed by atoms with Crippen molar-refractivity contribution in [2.24, 2.45) is 5.92 Å². The summed E-state index contributed by atoms with van der Waals surface area (Å²) in [7, 11) is 0. The van der Waals surface area contributed by atoms with Gasteiger partial charge in [-0.25, -0.2) is 4.98 Å². The van der Waals surface area contributed by atoms with Gasteiger partial charge in [-0.2, -0.15) is 0 Å². The molecule has 1 unspecified atom stereocenters. The molecule has 112 valence electrons. The molecule has 0 radical (unpaired) electrons. The first-order chi connectivity index (χ1) is 10.3. The summed E-state index contributed by atoms with van der Waals surface area (Å²) in [4.78, 5) is 16.7. The minimum Gasteiger partial charge on any atom is -0.316 e. The third-order valence-corrected chi connectivity index (χ3v) is 4.16. The third kappa shape index (κ3) is 3.08. The maximum absolute atomic E-state index is 12.1. The second-order valence-electron chi connectivity index (χ2n) is 5.61. The Hall–Kier alpha value is -1.88. The predicted octanol–water partition coefficient (Wildman–Crippen LogP) is 2.38. The van der Waals surface area contributed by atoms with Crippen LogP contribution in [0.3, 0.4) is 0 Å². The average molecular weight is 286 g/mol. The van der Waals surface area contributed by atoms with Crippen LogP contribution in [0.1, 0.15) is 26.2 Å². The van der Waals surface area contributed by atoms with Crippen LogP contribution in [0.15, 0.2) is 24.3 Å². The molecule has 5 heteroatoms. The van der Waals surface area contributed by atoms with E-state index in [1.54, 1.807) is 0 Å². The van der Waals surface area contributed by atoms with Gasteiger partial charge in [-0.15, -0.1) is 0 Å². The van der Waals surface area contributed by atoms with Gasteiger partial charge in [0.15, 0.2) is 0 Å². The van der Waals surface area contributed by atoms with Gasteiger partial charge in [0.1, 0.15) is 0 Å². The number of aryl methyl sites for hydroxylation is 1. The summed E-state index contributed by atoms with van der Waals surface area (Å²) in [6.07, 6.45) is 2.70. The molecule has 0 spiro atoms. The second-order valence-corrected chi connectivity index (χ2v) is 5.61. The van der Waals surface area contributed by atoms with Gasteiger partial charge in [0, 0.05) is 13.0 Å². The van der Waals surface area contributed by atoms with Gasteiger partial charge in [-0.1, -0.05) is 12.1 Å².